The maximum Gasteiger partial charge on any atom is 0.226 e. The number of benzene rings is 1. The lowest BCUT2D eigenvalue weighted by Gasteiger charge is -2.38. The van der Waals surface area contributed by atoms with E-state index in [4.69, 9.17) is 5.11 Å². The molecule has 0 radical (unpaired) electrons. The van der Waals surface area contributed by atoms with Gasteiger partial charge in [0.2, 0.25) is 5.95 Å². The number of rotatable bonds is 4. The summed E-state index contributed by atoms with van der Waals surface area (Å²) in [4.78, 5) is 17.7. The number of carbonyl (C=O) groups excluding carboxylic acids is 1. The van der Waals surface area contributed by atoms with E-state index in [-0.39, 0.29) is 23.8 Å². The number of aliphatic hydroxyl groups is 1. The Hall–Kier alpha value is -1.99. The highest BCUT2D eigenvalue weighted by Gasteiger charge is 2.41. The van der Waals surface area contributed by atoms with Gasteiger partial charge in [0.1, 0.15) is 6.04 Å². The Bertz CT molecular complexity index is 932. The van der Waals surface area contributed by atoms with Crippen LogP contribution in [0.25, 0.3) is 0 Å². The number of hydrogen-bond donors (Lipinski definition) is 2. The van der Waals surface area contributed by atoms with Gasteiger partial charge in [-0.2, -0.15) is 10.1 Å². The summed E-state index contributed by atoms with van der Waals surface area (Å²) in [5.41, 5.74) is 2.67. The third-order valence-electron chi connectivity index (χ3n) is 5.10. The molecule has 2 heterocycles. The van der Waals surface area contributed by atoms with E-state index < -0.39 is 0 Å². The van der Waals surface area contributed by atoms with Crippen molar-refractivity contribution in [3.63, 3.8) is 0 Å². The van der Waals surface area contributed by atoms with Gasteiger partial charge in [0.25, 0.3) is 0 Å². The second kappa shape index (κ2) is 6.87. The van der Waals surface area contributed by atoms with E-state index in [1.165, 1.54) is 0 Å². The molecule has 2 aromatic rings. The van der Waals surface area contributed by atoms with Crippen LogP contribution >= 0.6 is 15.9 Å². The lowest BCUT2D eigenvalue weighted by atomic mass is 9.73. The van der Waals surface area contributed by atoms with Crippen molar-refractivity contribution in [2.75, 3.05) is 11.9 Å². The molecule has 2 N–H and O–H groups in total. The molecule has 4 rings (SSSR count). The summed E-state index contributed by atoms with van der Waals surface area (Å²) in [6, 6.07) is 7.72. The predicted octanol–water partition coefficient (Wildman–Crippen LogP) is 3.62. The zero-order valence-corrected chi connectivity index (χ0v) is 17.1. The van der Waals surface area contributed by atoms with E-state index in [0.717, 1.165) is 27.7 Å². The van der Waals surface area contributed by atoms with Gasteiger partial charge in [-0.15, -0.1) is 0 Å². The van der Waals surface area contributed by atoms with Gasteiger partial charge in [-0.05, 0) is 36.0 Å². The topological polar surface area (TPSA) is 80.0 Å². The number of aromatic nitrogens is 3. The molecule has 142 valence electrons. The predicted molar refractivity (Wildman–Crippen MR) is 106 cm³/mol. The molecule has 0 amide bonds. The zero-order valence-electron chi connectivity index (χ0n) is 15.5. The standard InChI is InChI=1S/C20H23BrN4O2/c1-20(2)10-14-17(15(27)11-20)18(12-5-3-6-13(21)9-12)25-19(22-14)23-16(24-25)7-4-8-26/h3,5-6,9,18,26H,4,7-8,10-11H2,1-2H3,(H,22,23,24). The summed E-state index contributed by atoms with van der Waals surface area (Å²) < 4.78 is 2.79. The SMILES string of the molecule is CC1(C)CC(=O)C2=C(C1)Nc1nc(CCCO)nn1C2c1cccc(Br)c1. The average Bonchev–Trinajstić information content (AvgIpc) is 2.99. The van der Waals surface area contributed by atoms with Gasteiger partial charge in [-0.25, -0.2) is 4.68 Å². The lowest BCUT2D eigenvalue weighted by molar-refractivity contribution is -0.118. The fourth-order valence-electron chi connectivity index (χ4n) is 3.98. The van der Waals surface area contributed by atoms with Crippen LogP contribution in [0.3, 0.4) is 0 Å². The third-order valence-corrected chi connectivity index (χ3v) is 5.59. The van der Waals surface area contributed by atoms with Crippen LogP contribution in [0, 0.1) is 5.41 Å². The first kappa shape index (κ1) is 18.4. The van der Waals surface area contributed by atoms with Crippen molar-refractivity contribution in [3.8, 4) is 0 Å². The van der Waals surface area contributed by atoms with E-state index >= 15 is 0 Å². The fourth-order valence-corrected chi connectivity index (χ4v) is 4.40. The molecule has 6 nitrogen and oxygen atoms in total. The van der Waals surface area contributed by atoms with Crippen molar-refractivity contribution in [2.24, 2.45) is 5.41 Å². The van der Waals surface area contributed by atoms with Gasteiger partial charge in [-0.1, -0.05) is 41.9 Å². The number of aryl methyl sites for hydroxylation is 1. The molecule has 0 fully saturated rings. The first-order valence-electron chi connectivity index (χ1n) is 9.23. The second-order valence-electron chi connectivity index (χ2n) is 8.04. The molecule has 27 heavy (non-hydrogen) atoms. The first-order valence-corrected chi connectivity index (χ1v) is 10.0. The van der Waals surface area contributed by atoms with Crippen molar-refractivity contribution in [2.45, 2.75) is 45.6 Å². The third kappa shape index (κ3) is 3.46. The largest absolute Gasteiger partial charge is 0.396 e. The Labute approximate surface area is 166 Å². The van der Waals surface area contributed by atoms with Crippen molar-refractivity contribution < 1.29 is 9.90 Å². The summed E-state index contributed by atoms with van der Waals surface area (Å²) in [6.07, 6.45) is 2.55. The lowest BCUT2D eigenvalue weighted by Crippen LogP contribution is -2.36. The first-order chi connectivity index (χ1) is 12.9. The van der Waals surface area contributed by atoms with E-state index in [9.17, 15) is 4.79 Å². The molecular formula is C20H23BrN4O2. The van der Waals surface area contributed by atoms with Gasteiger partial charge in [0.05, 0.1) is 0 Å². The molecule has 1 aromatic carbocycles. The van der Waals surface area contributed by atoms with Crippen LogP contribution in [-0.2, 0) is 11.2 Å². The van der Waals surface area contributed by atoms with Gasteiger partial charge >= 0.3 is 0 Å². The van der Waals surface area contributed by atoms with Crippen LogP contribution in [0.2, 0.25) is 0 Å². The smallest absolute Gasteiger partial charge is 0.226 e. The average molecular weight is 431 g/mol. The van der Waals surface area contributed by atoms with Gasteiger partial charge in [0.15, 0.2) is 11.6 Å². The maximum absolute atomic E-state index is 13.1. The molecule has 1 unspecified atom stereocenters. The highest BCUT2D eigenvalue weighted by molar-refractivity contribution is 9.10. The van der Waals surface area contributed by atoms with E-state index in [1.807, 2.05) is 28.9 Å². The van der Waals surface area contributed by atoms with Crippen LogP contribution < -0.4 is 5.32 Å². The van der Waals surface area contributed by atoms with E-state index in [2.05, 4.69) is 45.2 Å². The summed E-state index contributed by atoms with van der Waals surface area (Å²) in [6.45, 7) is 4.35. The van der Waals surface area contributed by atoms with Crippen molar-refractivity contribution in [1.82, 2.24) is 14.8 Å². The number of anilines is 1. The minimum atomic E-state index is -0.285. The Morgan fingerprint density at radius 3 is 2.93 bits per heavy atom. The Morgan fingerprint density at radius 2 is 2.19 bits per heavy atom. The minimum absolute atomic E-state index is 0.0767. The monoisotopic (exact) mass is 430 g/mol. The van der Waals surface area contributed by atoms with E-state index in [1.54, 1.807) is 0 Å². The van der Waals surface area contributed by atoms with Crippen LogP contribution in [0.15, 0.2) is 40.0 Å². The fraction of sp³-hybridized carbons (Fsp3) is 0.450. The highest BCUT2D eigenvalue weighted by atomic mass is 79.9. The number of carbonyl (C=O) groups is 1. The second-order valence-corrected chi connectivity index (χ2v) is 8.95. The number of halogens is 1. The number of aliphatic hydroxyl groups excluding tert-OH is 1. The molecular weight excluding hydrogens is 408 g/mol. The van der Waals surface area contributed by atoms with Crippen LogP contribution in [-0.4, -0.2) is 32.3 Å². The zero-order chi connectivity index (χ0) is 19.2. The normalized spacial score (nSPS) is 20.9. The number of ketones is 1. The molecule has 0 spiro atoms. The number of fused-ring (bicyclic) bond motifs is 1. The number of Topliss-reactive ketones (excluding diaryl/α,β-unsaturated/α-hetero) is 1. The number of allylic oxidation sites excluding steroid dienone is 2. The quantitative estimate of drug-likeness (QED) is 0.773. The molecule has 0 saturated carbocycles. The summed E-state index contributed by atoms with van der Waals surface area (Å²) in [5.74, 6) is 1.51. The molecule has 2 aliphatic rings. The Morgan fingerprint density at radius 1 is 1.37 bits per heavy atom. The molecule has 7 heteroatoms. The number of nitrogens with zero attached hydrogens (tertiary/aromatic N) is 3. The summed E-state index contributed by atoms with van der Waals surface area (Å²) in [5, 5.41) is 17.2. The van der Waals surface area contributed by atoms with Crippen molar-refractivity contribution in [3.05, 3.63) is 51.4 Å². The number of hydrogen-bond acceptors (Lipinski definition) is 5. The Kier molecular flexibility index (Phi) is 4.68. The molecule has 0 saturated heterocycles. The summed E-state index contributed by atoms with van der Waals surface area (Å²) >= 11 is 3.54. The number of nitrogens with one attached hydrogen (secondary N) is 1. The van der Waals surface area contributed by atoms with Crippen LogP contribution in [0.5, 0.6) is 0 Å². The van der Waals surface area contributed by atoms with Gasteiger partial charge < -0.3 is 10.4 Å². The van der Waals surface area contributed by atoms with Crippen LogP contribution in [0.4, 0.5) is 5.95 Å². The Balaban J connectivity index is 1.85. The molecule has 0 bridgehead atoms. The highest BCUT2D eigenvalue weighted by Crippen LogP contribution is 2.45. The van der Waals surface area contributed by atoms with Crippen LogP contribution in [0.1, 0.15) is 50.5 Å². The molecule has 1 atom stereocenters. The summed E-state index contributed by atoms with van der Waals surface area (Å²) in [7, 11) is 0. The van der Waals surface area contributed by atoms with E-state index in [0.29, 0.717) is 31.0 Å². The molecule has 1 aliphatic carbocycles. The maximum atomic E-state index is 13.1. The molecule has 1 aliphatic heterocycles. The van der Waals surface area contributed by atoms with Crippen molar-refractivity contribution in [1.29, 1.82) is 0 Å². The van der Waals surface area contributed by atoms with Gasteiger partial charge in [-0.3, -0.25) is 4.79 Å². The van der Waals surface area contributed by atoms with Crippen molar-refractivity contribution >= 4 is 27.7 Å². The minimum Gasteiger partial charge on any atom is -0.396 e. The van der Waals surface area contributed by atoms with Gasteiger partial charge in [0, 0.05) is 35.2 Å². The molecule has 1 aromatic heterocycles.